The van der Waals surface area contributed by atoms with E-state index in [2.05, 4.69) is 34.4 Å². The van der Waals surface area contributed by atoms with Crippen LogP contribution in [0.1, 0.15) is 61.3 Å². The van der Waals surface area contributed by atoms with Gasteiger partial charge in [0.2, 0.25) is 17.6 Å². The van der Waals surface area contributed by atoms with Crippen LogP contribution in [0.25, 0.3) is 21.1 Å². The molecule has 0 bridgehead atoms. The lowest BCUT2D eigenvalue weighted by Crippen LogP contribution is -2.57. The predicted octanol–water partition coefficient (Wildman–Crippen LogP) is 4.80. The van der Waals surface area contributed by atoms with Crippen LogP contribution in [-0.2, 0) is 9.59 Å². The number of ether oxygens (including phenoxy) is 1. The molecule has 1 aliphatic carbocycles. The topological polar surface area (TPSA) is 133 Å². The van der Waals surface area contributed by atoms with Crippen LogP contribution in [0.3, 0.4) is 0 Å². The fourth-order valence-electron chi connectivity index (χ4n) is 6.90. The number of nitrogens with zero attached hydrogens (tertiary/aromatic N) is 2. The summed E-state index contributed by atoms with van der Waals surface area (Å²) >= 11 is 1.30. The minimum atomic E-state index is -0.830. The molecule has 0 spiro atoms. The van der Waals surface area contributed by atoms with Crippen LogP contribution in [0, 0.1) is 23.2 Å². The van der Waals surface area contributed by atoms with Gasteiger partial charge >= 0.3 is 0 Å². The number of carbonyl (C=O) groups excluding carboxylic acids is 4. The first-order chi connectivity index (χ1) is 21.4. The molecule has 5 atom stereocenters. The summed E-state index contributed by atoms with van der Waals surface area (Å²) in [6.07, 6.45) is 0.407. The molecule has 2 aliphatic rings. The molecule has 0 radical (unpaired) electrons. The molecule has 0 unspecified atom stereocenters. The van der Waals surface area contributed by atoms with Gasteiger partial charge in [0.05, 0.1) is 23.4 Å². The third-order valence-corrected chi connectivity index (χ3v) is 10.5. The molecule has 2 aromatic heterocycles. The van der Waals surface area contributed by atoms with E-state index < -0.39 is 24.0 Å². The van der Waals surface area contributed by atoms with Crippen molar-refractivity contribution in [1.82, 2.24) is 25.5 Å². The molecule has 6 rings (SSSR count). The highest BCUT2D eigenvalue weighted by molar-refractivity contribution is 7.20. The molecule has 3 amide bonds. The standard InChI is InChI=1S/C34H39N5O5S/c1-17(2)14-24(37-30(41)23-15-19-21(36-23)11-9-12-25(19)44-6)33(43)39-16-20-27(34(20,4)5)28(39)31(42)35-18(3)29(40)32-38-22-10-7-8-13-26(22)45-32/h7-13,15,17-18,20,24,27-28,36H,14,16H2,1-6H3,(H,35,42)(H,37,41)/t18-,20-,24-,27-,28-/m0/s1. The van der Waals surface area contributed by atoms with Gasteiger partial charge in [-0.25, -0.2) is 4.98 Å². The highest BCUT2D eigenvalue weighted by Crippen LogP contribution is 2.65. The Balaban J connectivity index is 1.20. The molecule has 1 saturated carbocycles. The van der Waals surface area contributed by atoms with E-state index in [-0.39, 0.29) is 40.8 Å². The average Bonchev–Trinajstić information content (AvgIpc) is 3.53. The van der Waals surface area contributed by atoms with Crippen LogP contribution in [0.15, 0.2) is 48.5 Å². The van der Waals surface area contributed by atoms with E-state index in [0.717, 1.165) is 21.1 Å². The van der Waals surface area contributed by atoms with Crippen molar-refractivity contribution < 1.29 is 23.9 Å². The second kappa shape index (κ2) is 11.6. The number of nitrogens with one attached hydrogen (secondary N) is 3. The fourth-order valence-corrected chi connectivity index (χ4v) is 7.89. The first kappa shape index (κ1) is 30.8. The van der Waals surface area contributed by atoms with Crippen LogP contribution in [-0.4, -0.2) is 70.2 Å². The summed E-state index contributed by atoms with van der Waals surface area (Å²) < 4.78 is 6.33. The lowest BCUT2D eigenvalue weighted by Gasteiger charge is -2.34. The zero-order chi connectivity index (χ0) is 32.2. The molecule has 3 heterocycles. The quantitative estimate of drug-likeness (QED) is 0.216. The number of Topliss-reactive ketones (excluding diaryl/α,β-unsaturated/α-hetero) is 1. The number of ketones is 1. The first-order valence-electron chi connectivity index (χ1n) is 15.4. The number of aromatic amines is 1. The molecule has 11 heteroatoms. The molecular formula is C34H39N5O5S. The number of aromatic nitrogens is 2. The van der Waals surface area contributed by atoms with Crippen LogP contribution in [0.4, 0.5) is 0 Å². The van der Waals surface area contributed by atoms with E-state index in [1.807, 2.05) is 56.3 Å². The van der Waals surface area contributed by atoms with E-state index in [9.17, 15) is 19.2 Å². The van der Waals surface area contributed by atoms with Gasteiger partial charge in [0.25, 0.3) is 5.91 Å². The molecule has 10 nitrogen and oxygen atoms in total. The Morgan fingerprint density at radius 3 is 2.56 bits per heavy atom. The highest BCUT2D eigenvalue weighted by Gasteiger charge is 2.69. The Labute approximate surface area is 265 Å². The summed E-state index contributed by atoms with van der Waals surface area (Å²) in [5, 5.41) is 6.95. The molecule has 1 saturated heterocycles. The monoisotopic (exact) mass is 629 g/mol. The number of carbonyl (C=O) groups is 4. The Bertz CT molecular complexity index is 1780. The lowest BCUT2D eigenvalue weighted by molar-refractivity contribution is -0.142. The zero-order valence-corrected chi connectivity index (χ0v) is 27.2. The van der Waals surface area contributed by atoms with Gasteiger partial charge in [-0.15, -0.1) is 11.3 Å². The van der Waals surface area contributed by atoms with Crippen LogP contribution in [0.5, 0.6) is 5.75 Å². The Hall–Kier alpha value is -4.25. The van der Waals surface area contributed by atoms with Crippen molar-refractivity contribution in [3.63, 3.8) is 0 Å². The molecule has 236 valence electrons. The number of rotatable bonds is 10. The summed E-state index contributed by atoms with van der Waals surface area (Å²) in [5.41, 5.74) is 1.70. The number of methoxy groups -OCH3 is 1. The van der Waals surface area contributed by atoms with Crippen LogP contribution in [0.2, 0.25) is 0 Å². The third kappa shape index (κ3) is 5.58. The van der Waals surface area contributed by atoms with Crippen molar-refractivity contribution in [2.75, 3.05) is 13.7 Å². The van der Waals surface area contributed by atoms with Gasteiger partial charge < -0.3 is 25.3 Å². The lowest BCUT2D eigenvalue weighted by atomic mass is 9.97. The van der Waals surface area contributed by atoms with Crippen molar-refractivity contribution in [2.45, 2.75) is 59.2 Å². The van der Waals surface area contributed by atoms with Crippen LogP contribution < -0.4 is 15.4 Å². The number of likely N-dealkylation sites (tertiary alicyclic amines) is 1. The van der Waals surface area contributed by atoms with Gasteiger partial charge in [-0.1, -0.05) is 45.9 Å². The van der Waals surface area contributed by atoms with Crippen molar-refractivity contribution in [1.29, 1.82) is 0 Å². The Kier molecular flexibility index (Phi) is 7.93. The van der Waals surface area contributed by atoms with Gasteiger partial charge in [-0.3, -0.25) is 19.2 Å². The SMILES string of the molecule is COc1cccc2[nH]c(C(=O)N[C@@H](CC(C)C)C(=O)N3C[C@H]4[C@@H]([C@H]3C(=O)N[C@@H](C)C(=O)c3nc5ccccc5s3)C4(C)C)cc12. The summed E-state index contributed by atoms with van der Waals surface area (Å²) in [7, 11) is 1.57. The van der Waals surface area contributed by atoms with Gasteiger partial charge in [-0.2, -0.15) is 0 Å². The van der Waals surface area contributed by atoms with Crippen molar-refractivity contribution in [3.05, 3.63) is 59.2 Å². The number of hydrogen-bond acceptors (Lipinski definition) is 7. The molecule has 2 fully saturated rings. The highest BCUT2D eigenvalue weighted by atomic mass is 32.1. The zero-order valence-electron chi connectivity index (χ0n) is 26.3. The minimum absolute atomic E-state index is 0.0391. The third-order valence-electron chi connectivity index (χ3n) is 9.42. The van der Waals surface area contributed by atoms with E-state index >= 15 is 0 Å². The summed E-state index contributed by atoms with van der Waals surface area (Å²) in [5.74, 6) is -0.470. The maximum Gasteiger partial charge on any atom is 0.268 e. The molecule has 45 heavy (non-hydrogen) atoms. The van der Waals surface area contributed by atoms with Crippen molar-refractivity contribution in [2.24, 2.45) is 23.2 Å². The second-order valence-corrected chi connectivity index (χ2v) is 14.3. The average molecular weight is 630 g/mol. The number of amides is 3. The summed E-state index contributed by atoms with van der Waals surface area (Å²) in [6.45, 7) is 10.3. The normalized spacial score (nSPS) is 21.4. The summed E-state index contributed by atoms with van der Waals surface area (Å²) in [6, 6.07) is 12.4. The second-order valence-electron chi connectivity index (χ2n) is 13.2. The minimum Gasteiger partial charge on any atom is -0.496 e. The number of fused-ring (bicyclic) bond motifs is 3. The molecule has 1 aliphatic heterocycles. The Morgan fingerprint density at radius 2 is 1.84 bits per heavy atom. The van der Waals surface area contributed by atoms with E-state index in [1.54, 1.807) is 25.0 Å². The van der Waals surface area contributed by atoms with Gasteiger partial charge in [0, 0.05) is 17.4 Å². The van der Waals surface area contributed by atoms with Gasteiger partial charge in [-0.05, 0) is 66.8 Å². The number of thiazole rings is 1. The van der Waals surface area contributed by atoms with Gasteiger partial charge in [0.15, 0.2) is 5.01 Å². The van der Waals surface area contributed by atoms with Crippen molar-refractivity contribution in [3.8, 4) is 5.75 Å². The summed E-state index contributed by atoms with van der Waals surface area (Å²) in [4.78, 5) is 64.0. The maximum absolute atomic E-state index is 14.2. The molecule has 4 aromatic rings. The van der Waals surface area contributed by atoms with E-state index in [0.29, 0.717) is 29.4 Å². The largest absolute Gasteiger partial charge is 0.496 e. The maximum atomic E-state index is 14.2. The number of para-hydroxylation sites is 1. The van der Waals surface area contributed by atoms with Gasteiger partial charge in [0.1, 0.15) is 23.5 Å². The van der Waals surface area contributed by atoms with E-state index in [1.165, 1.54) is 11.3 Å². The molecule has 3 N–H and O–H groups in total. The predicted molar refractivity (Wildman–Crippen MR) is 173 cm³/mol. The Morgan fingerprint density at radius 1 is 1.09 bits per heavy atom. The number of H-pyrrole nitrogens is 1. The smallest absolute Gasteiger partial charge is 0.268 e. The molecular weight excluding hydrogens is 590 g/mol. The number of piperidine rings is 1. The van der Waals surface area contributed by atoms with E-state index in [4.69, 9.17) is 4.74 Å². The van der Waals surface area contributed by atoms with Crippen LogP contribution >= 0.6 is 11.3 Å². The number of benzene rings is 2. The van der Waals surface area contributed by atoms with Crippen molar-refractivity contribution >= 4 is 56.0 Å². The fraction of sp³-hybridized carbons (Fsp3) is 0.441. The first-order valence-corrected chi connectivity index (χ1v) is 16.2. The number of hydrogen-bond donors (Lipinski definition) is 3. The molecule has 2 aromatic carbocycles.